The molecule has 0 saturated heterocycles. The third-order valence-corrected chi connectivity index (χ3v) is 6.64. The molecule has 1 aliphatic rings. The molecule has 0 N–H and O–H groups in total. The number of rotatable bonds is 6. The van der Waals surface area contributed by atoms with Crippen molar-refractivity contribution in [2.75, 3.05) is 19.0 Å². The van der Waals surface area contributed by atoms with Crippen molar-refractivity contribution in [2.24, 2.45) is 4.99 Å². The van der Waals surface area contributed by atoms with Gasteiger partial charge in [-0.2, -0.15) is 4.99 Å². The summed E-state index contributed by atoms with van der Waals surface area (Å²) in [6.07, 6.45) is 1.10. The number of carbonyl (C=O) groups excluding carboxylic acids is 1. The maximum atomic E-state index is 12.9. The Labute approximate surface area is 176 Å². The molecule has 0 fully saturated rings. The summed E-state index contributed by atoms with van der Waals surface area (Å²) < 4.78 is 27.3. The highest BCUT2D eigenvalue weighted by molar-refractivity contribution is 7.99. The van der Waals surface area contributed by atoms with Crippen LogP contribution in [0.25, 0.3) is 10.2 Å². The second kappa shape index (κ2) is 9.00. The first-order valence-corrected chi connectivity index (χ1v) is 11.3. The predicted molar refractivity (Wildman–Crippen MR) is 113 cm³/mol. The smallest absolute Gasteiger partial charge is 0.248 e. The minimum atomic E-state index is -0.241. The van der Waals surface area contributed by atoms with Crippen LogP contribution in [0.1, 0.15) is 19.8 Å². The zero-order valence-electron chi connectivity index (χ0n) is 16.0. The highest BCUT2D eigenvalue weighted by atomic mass is 32.2. The summed E-state index contributed by atoms with van der Waals surface area (Å²) in [7, 11) is 0. The molecule has 4 rings (SSSR count). The lowest BCUT2D eigenvalue weighted by atomic mass is 10.2. The molecule has 0 atom stereocenters. The maximum Gasteiger partial charge on any atom is 0.248 e. The highest BCUT2D eigenvalue weighted by Gasteiger charge is 2.16. The molecule has 2 aromatic carbocycles. The lowest BCUT2D eigenvalue weighted by molar-refractivity contribution is -0.118. The number of halogens is 1. The molecule has 3 aromatic rings. The quantitative estimate of drug-likeness (QED) is 0.421. The monoisotopic (exact) mass is 432 g/mol. The van der Waals surface area contributed by atoms with Crippen LogP contribution in [-0.2, 0) is 11.3 Å². The molecule has 1 aliphatic heterocycles. The van der Waals surface area contributed by atoms with Gasteiger partial charge >= 0.3 is 0 Å². The first-order valence-electron chi connectivity index (χ1n) is 9.53. The molecule has 5 nitrogen and oxygen atoms in total. The number of hydrogen-bond donors (Lipinski definition) is 0. The van der Waals surface area contributed by atoms with Crippen LogP contribution in [0.5, 0.6) is 11.5 Å². The predicted octanol–water partition coefficient (Wildman–Crippen LogP) is 4.63. The number of hydrogen-bond acceptors (Lipinski definition) is 5. The van der Waals surface area contributed by atoms with E-state index in [1.54, 1.807) is 23.9 Å². The standard InChI is InChI=1S/C21H21FN2O3S2/c1-2-24-16-12-17-18(27-10-9-26-17)13-19(16)29-21(24)23-20(25)4-3-11-28-15-7-5-14(22)6-8-15/h5-8,12-13H,2-4,9-11H2,1H3. The normalized spacial score (nSPS) is 13.8. The molecule has 1 aromatic heterocycles. The fourth-order valence-corrected chi connectivity index (χ4v) is 5.08. The van der Waals surface area contributed by atoms with Crippen molar-refractivity contribution in [1.82, 2.24) is 4.57 Å². The molecule has 0 spiro atoms. The van der Waals surface area contributed by atoms with Gasteiger partial charge in [-0.05, 0) is 43.4 Å². The Bertz CT molecular complexity index is 1090. The molecule has 0 aliphatic carbocycles. The second-order valence-corrected chi connectivity index (χ2v) is 8.68. The van der Waals surface area contributed by atoms with Crippen LogP contribution >= 0.6 is 23.1 Å². The summed E-state index contributed by atoms with van der Waals surface area (Å²) in [6, 6.07) is 10.3. The molecule has 0 radical (unpaired) electrons. The zero-order valence-corrected chi connectivity index (χ0v) is 17.7. The first kappa shape index (κ1) is 20.0. The Hall–Kier alpha value is -2.32. The molecular formula is C21H21FN2O3S2. The topological polar surface area (TPSA) is 52.8 Å². The Kier molecular flexibility index (Phi) is 6.20. The van der Waals surface area contributed by atoms with Crippen molar-refractivity contribution in [2.45, 2.75) is 31.2 Å². The average Bonchev–Trinajstić information content (AvgIpc) is 3.06. The van der Waals surface area contributed by atoms with Crippen LogP contribution in [0.15, 0.2) is 46.3 Å². The Balaban J connectivity index is 1.45. The van der Waals surface area contributed by atoms with Crippen LogP contribution < -0.4 is 14.3 Å². The fourth-order valence-electron chi connectivity index (χ4n) is 3.10. The summed E-state index contributed by atoms with van der Waals surface area (Å²) in [6.45, 7) is 3.84. The number of nitrogens with zero attached hydrogens (tertiary/aromatic N) is 2. The fraction of sp³-hybridized carbons (Fsp3) is 0.333. The Morgan fingerprint density at radius 2 is 1.93 bits per heavy atom. The van der Waals surface area contributed by atoms with Crippen LogP contribution in [0, 0.1) is 5.82 Å². The van der Waals surface area contributed by atoms with Crippen LogP contribution in [0.4, 0.5) is 4.39 Å². The van der Waals surface area contributed by atoms with Crippen molar-refractivity contribution in [3.8, 4) is 11.5 Å². The summed E-state index contributed by atoms with van der Waals surface area (Å²) in [5.74, 6) is 1.89. The number of ether oxygens (including phenoxy) is 2. The Morgan fingerprint density at radius 3 is 2.66 bits per heavy atom. The third kappa shape index (κ3) is 4.64. The lowest BCUT2D eigenvalue weighted by Crippen LogP contribution is -2.17. The minimum absolute atomic E-state index is 0.129. The number of thiazole rings is 1. The molecule has 8 heteroatoms. The number of thioether (sulfide) groups is 1. The summed E-state index contributed by atoms with van der Waals surface area (Å²) in [5, 5.41) is 0. The van der Waals surface area contributed by atoms with Gasteiger partial charge in [0, 0.05) is 30.0 Å². The van der Waals surface area contributed by atoms with Gasteiger partial charge in [0.1, 0.15) is 19.0 Å². The van der Waals surface area contributed by atoms with Gasteiger partial charge in [-0.3, -0.25) is 4.79 Å². The van der Waals surface area contributed by atoms with E-state index in [-0.39, 0.29) is 11.7 Å². The van der Waals surface area contributed by atoms with Crippen molar-refractivity contribution >= 4 is 39.2 Å². The van der Waals surface area contributed by atoms with Gasteiger partial charge in [0.2, 0.25) is 5.91 Å². The van der Waals surface area contributed by atoms with Gasteiger partial charge in [0.25, 0.3) is 0 Å². The van der Waals surface area contributed by atoms with E-state index in [1.807, 2.05) is 23.6 Å². The van der Waals surface area contributed by atoms with E-state index < -0.39 is 0 Å². The number of aryl methyl sites for hydroxylation is 1. The van der Waals surface area contributed by atoms with Gasteiger partial charge in [-0.15, -0.1) is 11.8 Å². The van der Waals surface area contributed by atoms with Crippen molar-refractivity contribution in [3.05, 3.63) is 47.0 Å². The van der Waals surface area contributed by atoms with E-state index in [2.05, 4.69) is 4.99 Å². The first-order chi connectivity index (χ1) is 14.1. The van der Waals surface area contributed by atoms with E-state index >= 15 is 0 Å². The lowest BCUT2D eigenvalue weighted by Gasteiger charge is -2.18. The van der Waals surface area contributed by atoms with Gasteiger partial charge in [0.15, 0.2) is 16.3 Å². The summed E-state index contributed by atoms with van der Waals surface area (Å²) >= 11 is 3.10. The molecule has 0 saturated carbocycles. The molecule has 1 amide bonds. The second-order valence-electron chi connectivity index (χ2n) is 6.50. The number of fused-ring (bicyclic) bond motifs is 2. The van der Waals surface area contributed by atoms with E-state index in [0.717, 1.165) is 38.8 Å². The number of carbonyl (C=O) groups is 1. The molecule has 152 valence electrons. The number of benzene rings is 2. The van der Waals surface area contributed by atoms with E-state index in [1.165, 1.54) is 23.5 Å². The number of amides is 1. The van der Waals surface area contributed by atoms with Crippen molar-refractivity contribution in [3.63, 3.8) is 0 Å². The largest absolute Gasteiger partial charge is 0.486 e. The molecule has 2 heterocycles. The molecule has 29 heavy (non-hydrogen) atoms. The molecular weight excluding hydrogens is 411 g/mol. The van der Waals surface area contributed by atoms with Crippen molar-refractivity contribution in [1.29, 1.82) is 0 Å². The molecule has 0 unspecified atom stereocenters. The van der Waals surface area contributed by atoms with Crippen LogP contribution in [0.3, 0.4) is 0 Å². The highest BCUT2D eigenvalue weighted by Crippen LogP contribution is 2.35. The summed E-state index contributed by atoms with van der Waals surface area (Å²) in [4.78, 5) is 18.4. The maximum absolute atomic E-state index is 12.9. The van der Waals surface area contributed by atoms with E-state index in [9.17, 15) is 9.18 Å². The minimum Gasteiger partial charge on any atom is -0.486 e. The van der Waals surface area contributed by atoms with E-state index in [0.29, 0.717) is 31.0 Å². The van der Waals surface area contributed by atoms with Crippen LogP contribution in [-0.4, -0.2) is 29.4 Å². The van der Waals surface area contributed by atoms with Crippen molar-refractivity contribution < 1.29 is 18.7 Å². The summed E-state index contributed by atoms with van der Waals surface area (Å²) in [5.41, 5.74) is 1.00. The average molecular weight is 433 g/mol. The number of aromatic nitrogens is 1. The third-order valence-electron chi connectivity index (χ3n) is 4.50. The van der Waals surface area contributed by atoms with Gasteiger partial charge in [-0.1, -0.05) is 11.3 Å². The van der Waals surface area contributed by atoms with Gasteiger partial charge in [-0.25, -0.2) is 4.39 Å². The SMILES string of the molecule is CCn1c(=NC(=O)CCCSc2ccc(F)cc2)sc2cc3c(cc21)OCCO3. The van der Waals surface area contributed by atoms with Gasteiger partial charge < -0.3 is 14.0 Å². The molecule has 0 bridgehead atoms. The van der Waals surface area contributed by atoms with E-state index in [4.69, 9.17) is 9.47 Å². The van der Waals surface area contributed by atoms with Crippen LogP contribution in [0.2, 0.25) is 0 Å². The zero-order chi connectivity index (χ0) is 20.2. The van der Waals surface area contributed by atoms with Gasteiger partial charge in [0.05, 0.1) is 10.2 Å². The Morgan fingerprint density at radius 1 is 1.21 bits per heavy atom.